The largest absolute Gasteiger partial charge is 0.350 e. The highest BCUT2D eigenvalue weighted by Gasteiger charge is 2.08. The van der Waals surface area contributed by atoms with Crippen LogP contribution in [0.2, 0.25) is 0 Å². The maximum absolute atomic E-state index is 11.8. The molecule has 18 heavy (non-hydrogen) atoms. The minimum Gasteiger partial charge on any atom is -0.350 e. The molecule has 1 aromatic rings. The summed E-state index contributed by atoms with van der Waals surface area (Å²) in [5, 5.41) is 6.13. The van der Waals surface area contributed by atoms with E-state index in [4.69, 9.17) is 0 Å². The smallest absolute Gasteiger partial charge is 0.271 e. The molecule has 0 bridgehead atoms. The Hall–Kier alpha value is -1.75. The quantitative estimate of drug-likeness (QED) is 0.772. The van der Waals surface area contributed by atoms with Crippen molar-refractivity contribution in [1.29, 1.82) is 0 Å². The van der Waals surface area contributed by atoms with Gasteiger partial charge < -0.3 is 10.6 Å². The van der Waals surface area contributed by atoms with Crippen LogP contribution in [0.1, 0.15) is 29.0 Å². The van der Waals surface area contributed by atoms with Crippen molar-refractivity contribution in [3.05, 3.63) is 35.4 Å². The minimum absolute atomic E-state index is 0.156. The first-order valence-corrected chi connectivity index (χ1v) is 6.21. The fourth-order valence-electron chi connectivity index (χ4n) is 1.83. The molecular formula is C13H18N4O. The second-order valence-corrected chi connectivity index (χ2v) is 4.37. The number of nitrogens with zero attached hydrogens (tertiary/aromatic N) is 2. The van der Waals surface area contributed by atoms with Gasteiger partial charge in [-0.3, -0.25) is 9.78 Å². The lowest BCUT2D eigenvalue weighted by Crippen LogP contribution is -2.27. The summed E-state index contributed by atoms with van der Waals surface area (Å²) in [4.78, 5) is 19.9. The molecule has 0 saturated carbocycles. The fourth-order valence-corrected chi connectivity index (χ4v) is 1.83. The van der Waals surface area contributed by atoms with E-state index in [1.165, 1.54) is 11.8 Å². The lowest BCUT2D eigenvalue weighted by Gasteiger charge is -2.14. The van der Waals surface area contributed by atoms with Crippen molar-refractivity contribution >= 4 is 5.91 Å². The zero-order chi connectivity index (χ0) is 12.8. The Morgan fingerprint density at radius 3 is 3.00 bits per heavy atom. The van der Waals surface area contributed by atoms with Crippen LogP contribution in [-0.2, 0) is 0 Å². The SMILES string of the molecule is Cc1cnc(C(=O)NCCC2=CCNCC2)cn1. The van der Waals surface area contributed by atoms with Gasteiger partial charge in [-0.15, -0.1) is 0 Å². The maximum atomic E-state index is 11.8. The van der Waals surface area contributed by atoms with Crippen LogP contribution < -0.4 is 10.6 Å². The second kappa shape index (κ2) is 6.26. The summed E-state index contributed by atoms with van der Waals surface area (Å²) >= 11 is 0. The van der Waals surface area contributed by atoms with E-state index in [0.29, 0.717) is 12.2 Å². The molecule has 0 atom stereocenters. The van der Waals surface area contributed by atoms with Crippen LogP contribution in [0.3, 0.4) is 0 Å². The number of aromatic nitrogens is 2. The minimum atomic E-state index is -0.156. The van der Waals surface area contributed by atoms with Crippen molar-refractivity contribution < 1.29 is 4.79 Å². The van der Waals surface area contributed by atoms with Crippen LogP contribution in [0.5, 0.6) is 0 Å². The number of hydrogen-bond donors (Lipinski definition) is 2. The Kier molecular flexibility index (Phi) is 4.41. The van der Waals surface area contributed by atoms with Gasteiger partial charge in [0.15, 0.2) is 0 Å². The van der Waals surface area contributed by atoms with Gasteiger partial charge in [-0.2, -0.15) is 0 Å². The van der Waals surface area contributed by atoms with Gasteiger partial charge >= 0.3 is 0 Å². The van der Waals surface area contributed by atoms with Gasteiger partial charge in [-0.1, -0.05) is 11.6 Å². The van der Waals surface area contributed by atoms with E-state index in [1.807, 2.05) is 6.92 Å². The Balaban J connectivity index is 1.78. The third kappa shape index (κ3) is 3.63. The van der Waals surface area contributed by atoms with Gasteiger partial charge in [0.1, 0.15) is 5.69 Å². The molecule has 0 saturated heterocycles. The van der Waals surface area contributed by atoms with Gasteiger partial charge in [0, 0.05) is 19.3 Å². The van der Waals surface area contributed by atoms with Gasteiger partial charge in [0.2, 0.25) is 0 Å². The topological polar surface area (TPSA) is 66.9 Å². The van der Waals surface area contributed by atoms with Gasteiger partial charge in [0.05, 0.1) is 11.9 Å². The van der Waals surface area contributed by atoms with Gasteiger partial charge in [-0.25, -0.2) is 4.98 Å². The highest BCUT2D eigenvalue weighted by Crippen LogP contribution is 2.07. The Morgan fingerprint density at radius 1 is 1.44 bits per heavy atom. The normalized spacial score (nSPS) is 15.1. The molecule has 0 spiro atoms. The zero-order valence-electron chi connectivity index (χ0n) is 10.6. The molecule has 2 heterocycles. The molecule has 0 aromatic carbocycles. The van der Waals surface area contributed by atoms with Gasteiger partial charge in [-0.05, 0) is 26.3 Å². The first-order chi connectivity index (χ1) is 8.75. The van der Waals surface area contributed by atoms with E-state index in [0.717, 1.165) is 31.6 Å². The molecule has 1 aromatic heterocycles. The lowest BCUT2D eigenvalue weighted by atomic mass is 10.1. The van der Waals surface area contributed by atoms with Crippen LogP contribution in [0, 0.1) is 6.92 Å². The van der Waals surface area contributed by atoms with Crippen molar-refractivity contribution in [2.75, 3.05) is 19.6 Å². The predicted molar refractivity (Wildman–Crippen MR) is 69.3 cm³/mol. The fraction of sp³-hybridized carbons (Fsp3) is 0.462. The Morgan fingerprint density at radius 2 is 2.33 bits per heavy atom. The van der Waals surface area contributed by atoms with Crippen molar-refractivity contribution in [3.63, 3.8) is 0 Å². The molecule has 96 valence electrons. The number of aryl methyl sites for hydroxylation is 1. The molecule has 2 rings (SSSR count). The molecule has 0 aliphatic carbocycles. The summed E-state index contributed by atoms with van der Waals surface area (Å²) in [5.74, 6) is -0.156. The van der Waals surface area contributed by atoms with E-state index < -0.39 is 0 Å². The summed E-state index contributed by atoms with van der Waals surface area (Å²) in [6, 6.07) is 0. The first kappa shape index (κ1) is 12.7. The maximum Gasteiger partial charge on any atom is 0.271 e. The molecule has 2 N–H and O–H groups in total. The summed E-state index contributed by atoms with van der Waals surface area (Å²) in [7, 11) is 0. The molecule has 0 radical (unpaired) electrons. The molecular weight excluding hydrogens is 228 g/mol. The van der Waals surface area contributed by atoms with E-state index in [-0.39, 0.29) is 5.91 Å². The van der Waals surface area contributed by atoms with Crippen molar-refractivity contribution in [2.45, 2.75) is 19.8 Å². The molecule has 1 aliphatic heterocycles. The van der Waals surface area contributed by atoms with Gasteiger partial charge in [0.25, 0.3) is 5.91 Å². The van der Waals surface area contributed by atoms with Crippen molar-refractivity contribution in [1.82, 2.24) is 20.6 Å². The summed E-state index contributed by atoms with van der Waals surface area (Å²) in [6.45, 7) is 4.47. The number of rotatable bonds is 4. The number of carbonyl (C=O) groups excluding carboxylic acids is 1. The Labute approximate surface area is 107 Å². The monoisotopic (exact) mass is 246 g/mol. The third-order valence-electron chi connectivity index (χ3n) is 2.90. The molecule has 1 aliphatic rings. The summed E-state index contributed by atoms with van der Waals surface area (Å²) in [6.07, 6.45) is 7.28. The van der Waals surface area contributed by atoms with Crippen LogP contribution in [0.4, 0.5) is 0 Å². The van der Waals surface area contributed by atoms with E-state index in [2.05, 4.69) is 26.7 Å². The van der Waals surface area contributed by atoms with Crippen LogP contribution in [0.15, 0.2) is 24.0 Å². The third-order valence-corrected chi connectivity index (χ3v) is 2.90. The van der Waals surface area contributed by atoms with Crippen LogP contribution in [-0.4, -0.2) is 35.5 Å². The zero-order valence-corrected chi connectivity index (χ0v) is 10.6. The number of nitrogens with one attached hydrogen (secondary N) is 2. The standard InChI is InChI=1S/C13H18N4O/c1-10-8-17-12(9-16-10)13(18)15-7-4-11-2-5-14-6-3-11/h2,8-9,14H,3-7H2,1H3,(H,15,18). The van der Waals surface area contributed by atoms with E-state index >= 15 is 0 Å². The highest BCUT2D eigenvalue weighted by molar-refractivity contribution is 5.91. The molecule has 1 amide bonds. The number of amides is 1. The van der Waals surface area contributed by atoms with E-state index in [9.17, 15) is 4.79 Å². The molecule has 5 heteroatoms. The average Bonchev–Trinajstić information content (AvgIpc) is 2.40. The predicted octanol–water partition coefficient (Wildman–Crippen LogP) is 0.825. The molecule has 5 nitrogen and oxygen atoms in total. The van der Waals surface area contributed by atoms with E-state index in [1.54, 1.807) is 6.20 Å². The lowest BCUT2D eigenvalue weighted by molar-refractivity contribution is 0.0948. The number of hydrogen-bond acceptors (Lipinski definition) is 4. The van der Waals surface area contributed by atoms with Crippen molar-refractivity contribution in [2.24, 2.45) is 0 Å². The molecule has 0 unspecified atom stereocenters. The summed E-state index contributed by atoms with van der Waals surface area (Å²) < 4.78 is 0. The number of carbonyl (C=O) groups is 1. The van der Waals surface area contributed by atoms with Crippen LogP contribution in [0.25, 0.3) is 0 Å². The summed E-state index contributed by atoms with van der Waals surface area (Å²) in [5.41, 5.74) is 2.59. The average molecular weight is 246 g/mol. The van der Waals surface area contributed by atoms with Crippen LogP contribution >= 0.6 is 0 Å². The Bertz CT molecular complexity index is 439. The van der Waals surface area contributed by atoms with Crippen molar-refractivity contribution in [3.8, 4) is 0 Å². The molecule has 0 fully saturated rings. The highest BCUT2D eigenvalue weighted by atomic mass is 16.1. The second-order valence-electron chi connectivity index (χ2n) is 4.37. The first-order valence-electron chi connectivity index (χ1n) is 6.21.